The topological polar surface area (TPSA) is 0 Å². The molecule has 6 aromatic rings. The summed E-state index contributed by atoms with van der Waals surface area (Å²) in [4.78, 5) is 0. The Labute approximate surface area is 379 Å². The molecule has 0 amide bonds. The molecule has 0 spiro atoms. The predicted octanol–water partition coefficient (Wildman–Crippen LogP) is 9.18. The summed E-state index contributed by atoms with van der Waals surface area (Å²) in [6.07, 6.45) is 5.66. The van der Waals surface area contributed by atoms with E-state index in [4.69, 9.17) is 0 Å². The SMILES string of the molecule is CC(C)(C)c1ccc([C](=[Zr+2])c2ccc(C(C)(C)C)cc2)cc1.CC(C)(C)c1ccc2c(c1)[cH-]c1cc(C(C)(C)C)ccc12.CC1=[C-]C(C)C=C1c1ccccc1.[Cl-].[Cl-]. The molecule has 0 aromatic heterocycles. The van der Waals surface area contributed by atoms with Crippen LogP contribution in [0.3, 0.4) is 0 Å². The molecule has 1 aliphatic rings. The fourth-order valence-electron chi connectivity index (χ4n) is 7.16. The molecule has 58 heavy (non-hydrogen) atoms. The Morgan fingerprint density at radius 3 is 1.21 bits per heavy atom. The van der Waals surface area contributed by atoms with Crippen LogP contribution in [0.4, 0.5) is 0 Å². The Bertz CT molecular complexity index is 2210. The average Bonchev–Trinajstić information content (AvgIpc) is 3.68. The van der Waals surface area contributed by atoms with Crippen LogP contribution in [0.5, 0.6) is 0 Å². The van der Waals surface area contributed by atoms with Crippen molar-refractivity contribution >= 4 is 30.3 Å². The third kappa shape index (κ3) is 12.4. The zero-order chi connectivity index (χ0) is 41.2. The van der Waals surface area contributed by atoms with E-state index in [1.165, 1.54) is 99.1 Å². The molecule has 1 unspecified atom stereocenters. The predicted molar refractivity (Wildman–Crippen MR) is 244 cm³/mol. The molecule has 0 nitrogen and oxygen atoms in total. The van der Waals surface area contributed by atoms with E-state index in [0.717, 1.165) is 0 Å². The van der Waals surface area contributed by atoms with Crippen molar-refractivity contribution in [2.45, 2.75) is 119 Å². The van der Waals surface area contributed by atoms with Crippen LogP contribution in [-0.4, -0.2) is 3.21 Å². The standard InChI is InChI=1S/C21H25.C21H26.C13H13.2ClH.Zr/c1-20(2,3)16-7-9-18-14(12-16)11-15-13-17(21(4,5)6)8-10-19(15)18;1-20(2,3)18-11-7-16(8-12-18)15-17-9-13-19(14-10-17)21(4,5)6;1-10-8-11(2)13(9-10)12-6-4-3-5-7-12;;;/h7-13H,1-6H3;7-14H,1-6H3;3-7,9-10H,1-2H3;2*1H;/q-1;;-1;;;+2/p-2. The second-order valence-electron chi connectivity index (χ2n) is 19.8. The van der Waals surface area contributed by atoms with Gasteiger partial charge in [-0.05, 0) is 10.8 Å². The summed E-state index contributed by atoms with van der Waals surface area (Å²) in [5.74, 6) is 0.468. The Morgan fingerprint density at radius 2 is 0.879 bits per heavy atom. The molecule has 0 fully saturated rings. The minimum atomic E-state index is 0. The quantitative estimate of drug-likeness (QED) is 0.156. The van der Waals surface area contributed by atoms with E-state index in [0.29, 0.717) is 5.92 Å². The van der Waals surface area contributed by atoms with E-state index in [2.05, 4.69) is 224 Å². The van der Waals surface area contributed by atoms with E-state index in [1.54, 1.807) is 0 Å². The summed E-state index contributed by atoms with van der Waals surface area (Å²) < 4.78 is 1.42. The molecule has 0 aliphatic heterocycles. The zero-order valence-corrected chi connectivity index (χ0v) is 41.4. The molecular weight excluding hydrogens is 823 g/mol. The summed E-state index contributed by atoms with van der Waals surface area (Å²) in [6.45, 7) is 31.5. The average molecular weight is 887 g/mol. The van der Waals surface area contributed by atoms with Gasteiger partial charge >= 0.3 is 151 Å². The van der Waals surface area contributed by atoms with Gasteiger partial charge in [-0.15, -0.1) is 45.3 Å². The maximum atomic E-state index is 3.39. The molecule has 1 aliphatic carbocycles. The molecule has 0 heterocycles. The molecule has 304 valence electrons. The summed E-state index contributed by atoms with van der Waals surface area (Å²) in [5.41, 5.74) is 13.0. The van der Waals surface area contributed by atoms with Crippen LogP contribution in [-0.2, 0) is 45.9 Å². The number of allylic oxidation sites excluding steroid dienone is 4. The number of hydrogen-bond acceptors (Lipinski definition) is 0. The van der Waals surface area contributed by atoms with Crippen molar-refractivity contribution in [1.82, 2.24) is 0 Å². The number of fused-ring (bicyclic) bond motifs is 3. The van der Waals surface area contributed by atoms with E-state index >= 15 is 0 Å². The number of rotatable bonds is 3. The molecule has 0 saturated heterocycles. The van der Waals surface area contributed by atoms with Crippen LogP contribution in [0.1, 0.15) is 136 Å². The molecular formula is C55H64Cl2Zr-2. The number of benzene rings is 5. The molecule has 0 N–H and O–H groups in total. The first-order valence-corrected chi connectivity index (χ1v) is 21.6. The molecule has 0 saturated carbocycles. The molecule has 1 atom stereocenters. The molecule has 6 aromatic carbocycles. The summed E-state index contributed by atoms with van der Waals surface area (Å²) in [5, 5.41) is 5.48. The van der Waals surface area contributed by atoms with Crippen LogP contribution in [0.25, 0.3) is 27.1 Å². The van der Waals surface area contributed by atoms with Crippen molar-refractivity contribution in [1.29, 1.82) is 0 Å². The monoisotopic (exact) mass is 884 g/mol. The van der Waals surface area contributed by atoms with Crippen LogP contribution in [0.2, 0.25) is 0 Å². The van der Waals surface area contributed by atoms with E-state index in [1.807, 2.05) is 6.07 Å². The van der Waals surface area contributed by atoms with Crippen LogP contribution in [0, 0.1) is 12.0 Å². The third-order valence-corrected chi connectivity index (χ3v) is 12.3. The maximum absolute atomic E-state index is 3.39. The maximum Gasteiger partial charge on any atom is -0.0202 e. The minimum absolute atomic E-state index is 0. The molecule has 0 bridgehead atoms. The Kier molecular flexibility index (Phi) is 16.5. The van der Waals surface area contributed by atoms with E-state index in [-0.39, 0.29) is 46.5 Å². The third-order valence-electron chi connectivity index (χ3n) is 10.9. The van der Waals surface area contributed by atoms with Crippen molar-refractivity contribution in [3.05, 3.63) is 178 Å². The van der Waals surface area contributed by atoms with Crippen molar-refractivity contribution < 1.29 is 49.0 Å². The van der Waals surface area contributed by atoms with Crippen LogP contribution in [0.15, 0.2) is 133 Å². The summed E-state index contributed by atoms with van der Waals surface area (Å²) in [7, 11) is 0. The first-order valence-electron chi connectivity index (χ1n) is 20.3. The largest absolute Gasteiger partial charge is 1.00 e. The van der Waals surface area contributed by atoms with Gasteiger partial charge < -0.3 is 24.8 Å². The van der Waals surface area contributed by atoms with Gasteiger partial charge in [-0.1, -0.05) is 127 Å². The summed E-state index contributed by atoms with van der Waals surface area (Å²) >= 11 is 1.46. The Hall–Kier alpha value is -3.22. The second kappa shape index (κ2) is 19.4. The first-order chi connectivity index (χ1) is 26.0. The van der Waals surface area contributed by atoms with Gasteiger partial charge in [0.2, 0.25) is 0 Å². The fourth-order valence-corrected chi connectivity index (χ4v) is 7.98. The van der Waals surface area contributed by atoms with Gasteiger partial charge in [0.15, 0.2) is 0 Å². The van der Waals surface area contributed by atoms with Gasteiger partial charge in [-0.3, -0.25) is 6.08 Å². The van der Waals surface area contributed by atoms with Gasteiger partial charge in [0.25, 0.3) is 0 Å². The van der Waals surface area contributed by atoms with Gasteiger partial charge in [-0.2, -0.15) is 11.6 Å². The number of hydrogen-bond donors (Lipinski definition) is 0. The smallest absolute Gasteiger partial charge is 0.0202 e. The van der Waals surface area contributed by atoms with Crippen LogP contribution < -0.4 is 24.8 Å². The van der Waals surface area contributed by atoms with Crippen molar-refractivity contribution in [2.24, 2.45) is 5.92 Å². The molecule has 7 rings (SSSR count). The second-order valence-corrected chi connectivity index (χ2v) is 21.0. The van der Waals surface area contributed by atoms with Crippen LogP contribution >= 0.6 is 0 Å². The zero-order valence-electron chi connectivity index (χ0n) is 37.5. The van der Waals surface area contributed by atoms with Crippen molar-refractivity contribution in [3.63, 3.8) is 0 Å². The van der Waals surface area contributed by atoms with E-state index in [9.17, 15) is 0 Å². The van der Waals surface area contributed by atoms with Gasteiger partial charge in [-0.25, -0.2) is 5.57 Å². The first kappa shape index (κ1) is 49.1. The summed E-state index contributed by atoms with van der Waals surface area (Å²) in [6, 6.07) is 44.8. The Morgan fingerprint density at radius 1 is 0.517 bits per heavy atom. The Balaban J connectivity index is 0.000000236. The van der Waals surface area contributed by atoms with Gasteiger partial charge in [0.05, 0.1) is 0 Å². The van der Waals surface area contributed by atoms with Crippen molar-refractivity contribution in [3.8, 4) is 0 Å². The molecule has 3 heteroatoms. The normalized spacial score (nSPS) is 14.2. The minimum Gasteiger partial charge on any atom is -1.00 e. The fraction of sp³-hybridized carbons (Fsp3) is 0.345. The molecule has 0 radical (unpaired) electrons. The van der Waals surface area contributed by atoms with Gasteiger partial charge in [0, 0.05) is 0 Å². The number of halogens is 2. The van der Waals surface area contributed by atoms with E-state index < -0.39 is 0 Å². The van der Waals surface area contributed by atoms with Gasteiger partial charge in [0.1, 0.15) is 0 Å². The van der Waals surface area contributed by atoms with Crippen molar-refractivity contribution in [2.75, 3.05) is 0 Å².